The van der Waals surface area contributed by atoms with Gasteiger partial charge in [0.2, 0.25) is 5.91 Å². The van der Waals surface area contributed by atoms with E-state index in [2.05, 4.69) is 10.6 Å². The Morgan fingerprint density at radius 3 is 2.50 bits per heavy atom. The first-order valence-electron chi connectivity index (χ1n) is 6.12. The van der Waals surface area contributed by atoms with Crippen molar-refractivity contribution in [3.63, 3.8) is 0 Å². The first-order valence-corrected chi connectivity index (χ1v) is 6.12. The lowest BCUT2D eigenvalue weighted by Crippen LogP contribution is -2.55. The van der Waals surface area contributed by atoms with Crippen LogP contribution >= 0.6 is 0 Å². The molecule has 2 rings (SSSR count). The summed E-state index contributed by atoms with van der Waals surface area (Å²) in [6, 6.07) is -0.203. The maximum absolute atomic E-state index is 13.1. The normalized spacial score (nSPS) is 30.4. The Hall–Kier alpha value is -0.820. The summed E-state index contributed by atoms with van der Waals surface area (Å²) in [6.45, 7) is 0.872. The van der Waals surface area contributed by atoms with Crippen molar-refractivity contribution >= 4 is 5.91 Å². The minimum absolute atomic E-state index is 0.189. The Bertz CT molecular complexity index is 308. The third-order valence-electron chi connectivity index (χ3n) is 3.69. The summed E-state index contributed by atoms with van der Waals surface area (Å²) < 4.78 is 44.4. The Morgan fingerprint density at radius 1 is 1.33 bits per heavy atom. The van der Waals surface area contributed by atoms with Crippen LogP contribution in [0.25, 0.3) is 0 Å². The molecule has 1 unspecified atom stereocenters. The minimum atomic E-state index is -4.51. The number of halogens is 3. The zero-order chi connectivity index (χ0) is 13.2. The van der Waals surface area contributed by atoms with Crippen molar-refractivity contribution in [1.29, 1.82) is 0 Å². The van der Waals surface area contributed by atoms with E-state index in [1.165, 1.54) is 0 Å². The zero-order valence-corrected chi connectivity index (χ0v) is 9.98. The quantitative estimate of drug-likeness (QED) is 0.778. The molecule has 0 aromatic heterocycles. The molecule has 4 nitrogen and oxygen atoms in total. The van der Waals surface area contributed by atoms with Crippen LogP contribution in [0.3, 0.4) is 0 Å². The highest BCUT2D eigenvalue weighted by Crippen LogP contribution is 2.43. The third-order valence-corrected chi connectivity index (χ3v) is 3.69. The number of amides is 1. The molecule has 1 atom stereocenters. The summed E-state index contributed by atoms with van der Waals surface area (Å²) >= 11 is 0. The number of hydrogen-bond acceptors (Lipinski definition) is 3. The molecule has 1 amide bonds. The molecule has 2 aliphatic heterocycles. The lowest BCUT2D eigenvalue weighted by Gasteiger charge is -2.32. The van der Waals surface area contributed by atoms with Gasteiger partial charge in [-0.1, -0.05) is 0 Å². The van der Waals surface area contributed by atoms with Gasteiger partial charge in [-0.3, -0.25) is 4.79 Å². The lowest BCUT2D eigenvalue weighted by atomic mass is 9.84. The summed E-state index contributed by atoms with van der Waals surface area (Å²) in [5.41, 5.74) is -2.26. The van der Waals surface area contributed by atoms with Crippen LogP contribution in [0.2, 0.25) is 0 Å². The van der Waals surface area contributed by atoms with Crippen LogP contribution in [-0.4, -0.2) is 44.4 Å². The van der Waals surface area contributed by atoms with E-state index in [-0.39, 0.29) is 25.6 Å². The molecular formula is C11H17F3N2O2. The first kappa shape index (κ1) is 13.6. The minimum Gasteiger partial charge on any atom is -0.381 e. The molecule has 0 bridgehead atoms. The van der Waals surface area contributed by atoms with Crippen molar-refractivity contribution in [1.82, 2.24) is 10.6 Å². The number of ether oxygens (including phenoxy) is 1. The number of hydrogen-bond donors (Lipinski definition) is 2. The molecule has 0 spiro atoms. The molecule has 104 valence electrons. The molecule has 2 saturated heterocycles. The maximum atomic E-state index is 13.1. The summed E-state index contributed by atoms with van der Waals surface area (Å²) in [4.78, 5) is 12.0. The van der Waals surface area contributed by atoms with Gasteiger partial charge in [0, 0.05) is 25.8 Å². The van der Waals surface area contributed by atoms with Crippen LogP contribution < -0.4 is 10.6 Å². The van der Waals surface area contributed by atoms with E-state index < -0.39 is 17.5 Å². The van der Waals surface area contributed by atoms with Crippen molar-refractivity contribution in [2.75, 3.05) is 26.3 Å². The standard InChI is InChI=1S/C11H17F3N2O2/c12-11(13,14)10(3-4-15-7-10)9(17)16-8-1-5-18-6-2-8/h8,15H,1-7H2,(H,16,17). The molecule has 0 aliphatic carbocycles. The largest absolute Gasteiger partial charge is 0.404 e. The average Bonchev–Trinajstić information content (AvgIpc) is 2.80. The highest BCUT2D eigenvalue weighted by Gasteiger charge is 2.61. The second-order valence-corrected chi connectivity index (χ2v) is 4.87. The Labute approximate surface area is 103 Å². The van der Waals surface area contributed by atoms with Gasteiger partial charge in [0.25, 0.3) is 0 Å². The van der Waals surface area contributed by atoms with Gasteiger partial charge in [-0.25, -0.2) is 0 Å². The van der Waals surface area contributed by atoms with Gasteiger partial charge in [0.1, 0.15) is 0 Å². The summed E-state index contributed by atoms with van der Waals surface area (Å²) in [5.74, 6) is -0.896. The Kier molecular flexibility index (Phi) is 3.82. The van der Waals surface area contributed by atoms with Crippen molar-refractivity contribution in [3.05, 3.63) is 0 Å². The molecule has 18 heavy (non-hydrogen) atoms. The fourth-order valence-electron chi connectivity index (χ4n) is 2.42. The molecule has 0 radical (unpaired) electrons. The van der Waals surface area contributed by atoms with Crippen molar-refractivity contribution < 1.29 is 22.7 Å². The fraction of sp³-hybridized carbons (Fsp3) is 0.909. The zero-order valence-electron chi connectivity index (χ0n) is 9.98. The molecule has 2 aliphatic rings. The molecule has 0 aromatic rings. The van der Waals surface area contributed by atoms with Crippen LogP contribution in [0, 0.1) is 5.41 Å². The predicted octanol–water partition coefficient (Wildman–Crippen LogP) is 0.824. The van der Waals surface area contributed by atoms with E-state index in [0.29, 0.717) is 26.1 Å². The van der Waals surface area contributed by atoms with Gasteiger partial charge in [-0.2, -0.15) is 13.2 Å². The van der Waals surface area contributed by atoms with E-state index in [9.17, 15) is 18.0 Å². The number of carbonyl (C=O) groups is 1. The molecular weight excluding hydrogens is 249 g/mol. The number of carbonyl (C=O) groups excluding carboxylic acids is 1. The SMILES string of the molecule is O=C(NC1CCOCC1)C1(C(F)(F)F)CCNC1. The molecule has 0 saturated carbocycles. The van der Waals surface area contributed by atoms with Crippen LogP contribution in [0.4, 0.5) is 13.2 Å². The van der Waals surface area contributed by atoms with Crippen molar-refractivity contribution in [3.8, 4) is 0 Å². The highest BCUT2D eigenvalue weighted by atomic mass is 19.4. The highest BCUT2D eigenvalue weighted by molar-refractivity contribution is 5.84. The van der Waals surface area contributed by atoms with E-state index in [1.54, 1.807) is 0 Å². The van der Waals surface area contributed by atoms with E-state index >= 15 is 0 Å². The van der Waals surface area contributed by atoms with Gasteiger partial charge < -0.3 is 15.4 Å². The first-order chi connectivity index (χ1) is 8.46. The van der Waals surface area contributed by atoms with E-state index in [1.807, 2.05) is 0 Å². The smallest absolute Gasteiger partial charge is 0.381 e. The van der Waals surface area contributed by atoms with Crippen molar-refractivity contribution in [2.45, 2.75) is 31.5 Å². The topological polar surface area (TPSA) is 50.4 Å². The van der Waals surface area contributed by atoms with E-state index in [4.69, 9.17) is 4.74 Å². The summed E-state index contributed by atoms with van der Waals surface area (Å²) in [5, 5.41) is 5.16. The molecule has 0 aromatic carbocycles. The van der Waals surface area contributed by atoms with Crippen LogP contribution in [0.5, 0.6) is 0 Å². The second kappa shape index (κ2) is 5.05. The van der Waals surface area contributed by atoms with Gasteiger partial charge in [-0.15, -0.1) is 0 Å². The van der Waals surface area contributed by atoms with Crippen LogP contribution in [0.1, 0.15) is 19.3 Å². The predicted molar refractivity (Wildman–Crippen MR) is 58.0 cm³/mol. The maximum Gasteiger partial charge on any atom is 0.404 e. The molecule has 2 N–H and O–H groups in total. The van der Waals surface area contributed by atoms with Gasteiger partial charge in [0.15, 0.2) is 5.41 Å². The van der Waals surface area contributed by atoms with Gasteiger partial charge >= 0.3 is 6.18 Å². The number of rotatable bonds is 2. The van der Waals surface area contributed by atoms with Crippen LogP contribution in [-0.2, 0) is 9.53 Å². The molecule has 2 heterocycles. The molecule has 7 heteroatoms. The van der Waals surface area contributed by atoms with Crippen LogP contribution in [0.15, 0.2) is 0 Å². The molecule has 2 fully saturated rings. The summed E-state index contributed by atoms with van der Waals surface area (Å²) in [6.07, 6.45) is -3.54. The second-order valence-electron chi connectivity index (χ2n) is 4.87. The van der Waals surface area contributed by atoms with Gasteiger partial charge in [0.05, 0.1) is 0 Å². The Morgan fingerprint density at radius 2 is 2.00 bits per heavy atom. The summed E-state index contributed by atoms with van der Waals surface area (Å²) in [7, 11) is 0. The van der Waals surface area contributed by atoms with Crippen molar-refractivity contribution in [2.24, 2.45) is 5.41 Å². The number of alkyl halides is 3. The Balaban J connectivity index is 2.04. The average molecular weight is 266 g/mol. The third kappa shape index (κ3) is 2.47. The monoisotopic (exact) mass is 266 g/mol. The van der Waals surface area contributed by atoms with E-state index in [0.717, 1.165) is 0 Å². The fourth-order valence-corrected chi connectivity index (χ4v) is 2.42. The van der Waals surface area contributed by atoms with Gasteiger partial charge in [-0.05, 0) is 25.8 Å². The number of nitrogens with one attached hydrogen (secondary N) is 2. The lowest BCUT2D eigenvalue weighted by molar-refractivity contribution is -0.216.